The zero-order valence-electron chi connectivity index (χ0n) is 11.4. The number of hydrogen-bond donors (Lipinski definition) is 2. The van der Waals surface area contributed by atoms with Gasteiger partial charge in [-0.15, -0.1) is 0 Å². The Balaban J connectivity index is 1.92. The van der Waals surface area contributed by atoms with Gasteiger partial charge in [-0.3, -0.25) is 4.79 Å². The van der Waals surface area contributed by atoms with E-state index in [0.717, 1.165) is 12.8 Å². The number of hydrogen-bond acceptors (Lipinski definition) is 4. The first-order chi connectivity index (χ1) is 10.1. The Bertz CT molecular complexity index is 533. The number of nitrogens with two attached hydrogens (primary N) is 1. The van der Waals surface area contributed by atoms with Crippen LogP contribution >= 0.6 is 23.8 Å². The van der Waals surface area contributed by atoms with Gasteiger partial charge in [-0.1, -0.05) is 29.9 Å². The Kier molecular flexibility index (Phi) is 5.78. The van der Waals surface area contributed by atoms with Crippen LogP contribution in [0.2, 0.25) is 5.02 Å². The second-order valence-corrected chi connectivity index (χ2v) is 5.57. The van der Waals surface area contributed by atoms with Crippen molar-refractivity contribution in [3.05, 3.63) is 28.8 Å². The standard InChI is InChI=1S/C14H17ClN2O3S/c15-10-2-1-3-11(13(10)14(16)21)20-8-12(18)17-9-4-6-19-7-5-9/h1-3,9H,4-8H2,(H2,16,21)(H,17,18). The topological polar surface area (TPSA) is 73.6 Å². The second kappa shape index (κ2) is 7.59. The summed E-state index contributed by atoms with van der Waals surface area (Å²) in [6.07, 6.45) is 1.64. The lowest BCUT2D eigenvalue weighted by molar-refractivity contribution is -0.124. The monoisotopic (exact) mass is 328 g/mol. The fraction of sp³-hybridized carbons (Fsp3) is 0.429. The third kappa shape index (κ3) is 4.56. The Morgan fingerprint density at radius 1 is 1.48 bits per heavy atom. The molecule has 7 heteroatoms. The Hall–Kier alpha value is -1.37. The SMILES string of the molecule is NC(=S)c1c(Cl)cccc1OCC(=O)NC1CCOCC1. The highest BCUT2D eigenvalue weighted by Crippen LogP contribution is 2.26. The molecule has 1 aliphatic heterocycles. The molecule has 0 atom stereocenters. The first-order valence-corrected chi connectivity index (χ1v) is 7.45. The summed E-state index contributed by atoms with van der Waals surface area (Å²) in [5.74, 6) is 0.230. The summed E-state index contributed by atoms with van der Waals surface area (Å²) in [6, 6.07) is 5.22. The molecular formula is C14H17ClN2O3S. The zero-order chi connectivity index (χ0) is 15.2. The van der Waals surface area contributed by atoms with Crippen LogP contribution in [0.1, 0.15) is 18.4 Å². The fourth-order valence-electron chi connectivity index (χ4n) is 2.12. The van der Waals surface area contributed by atoms with Gasteiger partial charge >= 0.3 is 0 Å². The van der Waals surface area contributed by atoms with Gasteiger partial charge in [-0.25, -0.2) is 0 Å². The first kappa shape index (κ1) is 16.0. The van der Waals surface area contributed by atoms with Crippen LogP contribution in [-0.2, 0) is 9.53 Å². The molecule has 5 nitrogen and oxygen atoms in total. The third-order valence-corrected chi connectivity index (χ3v) is 3.69. The Morgan fingerprint density at radius 3 is 2.86 bits per heavy atom. The summed E-state index contributed by atoms with van der Waals surface area (Å²) in [5.41, 5.74) is 6.08. The number of halogens is 1. The van der Waals surface area contributed by atoms with Gasteiger partial charge in [0.2, 0.25) is 0 Å². The number of carbonyl (C=O) groups excluding carboxylic acids is 1. The Labute approximate surface area is 133 Å². The van der Waals surface area contributed by atoms with Gasteiger partial charge in [0, 0.05) is 19.3 Å². The van der Waals surface area contributed by atoms with Crippen molar-refractivity contribution in [2.75, 3.05) is 19.8 Å². The summed E-state index contributed by atoms with van der Waals surface area (Å²) in [4.78, 5) is 12.0. The van der Waals surface area contributed by atoms with Gasteiger partial charge in [-0.05, 0) is 25.0 Å². The zero-order valence-corrected chi connectivity index (χ0v) is 13.0. The van der Waals surface area contributed by atoms with Crippen LogP contribution in [0.25, 0.3) is 0 Å². The molecule has 0 aromatic heterocycles. The number of carbonyl (C=O) groups is 1. The highest BCUT2D eigenvalue weighted by atomic mass is 35.5. The van der Waals surface area contributed by atoms with E-state index in [2.05, 4.69) is 5.32 Å². The van der Waals surface area contributed by atoms with E-state index in [9.17, 15) is 4.79 Å². The van der Waals surface area contributed by atoms with Gasteiger partial charge < -0.3 is 20.5 Å². The third-order valence-electron chi connectivity index (χ3n) is 3.17. The van der Waals surface area contributed by atoms with Crippen LogP contribution in [0, 0.1) is 0 Å². The maximum absolute atomic E-state index is 11.9. The number of thiocarbonyl (C=S) groups is 1. The van der Waals surface area contributed by atoms with Crippen LogP contribution < -0.4 is 15.8 Å². The quantitative estimate of drug-likeness (QED) is 0.804. The largest absolute Gasteiger partial charge is 0.483 e. The molecule has 1 aromatic carbocycles. The smallest absolute Gasteiger partial charge is 0.258 e. The lowest BCUT2D eigenvalue weighted by Crippen LogP contribution is -2.41. The van der Waals surface area contributed by atoms with E-state index in [1.807, 2.05) is 0 Å². The van der Waals surface area contributed by atoms with Crippen LogP contribution in [0.4, 0.5) is 0 Å². The molecule has 0 aliphatic carbocycles. The highest BCUT2D eigenvalue weighted by Gasteiger charge is 2.17. The number of nitrogens with one attached hydrogen (secondary N) is 1. The van der Waals surface area contributed by atoms with Gasteiger partial charge in [0.15, 0.2) is 6.61 Å². The van der Waals surface area contributed by atoms with Crippen molar-refractivity contribution in [3.63, 3.8) is 0 Å². The van der Waals surface area contributed by atoms with Gasteiger partial charge in [0.1, 0.15) is 10.7 Å². The molecule has 1 fully saturated rings. The van der Waals surface area contributed by atoms with Gasteiger partial charge in [0.25, 0.3) is 5.91 Å². The van der Waals surface area contributed by atoms with E-state index in [1.54, 1.807) is 18.2 Å². The molecule has 1 aliphatic rings. The highest BCUT2D eigenvalue weighted by molar-refractivity contribution is 7.80. The molecular weight excluding hydrogens is 312 g/mol. The summed E-state index contributed by atoms with van der Waals surface area (Å²) in [7, 11) is 0. The van der Waals surface area contributed by atoms with Gasteiger partial charge in [0.05, 0.1) is 10.6 Å². The molecule has 3 N–H and O–H groups in total. The van der Waals surface area contributed by atoms with E-state index in [1.165, 1.54) is 0 Å². The van der Waals surface area contributed by atoms with Crippen LogP contribution in [-0.4, -0.2) is 36.8 Å². The predicted octanol–water partition coefficient (Wildman–Crippen LogP) is 1.65. The average molecular weight is 329 g/mol. The first-order valence-electron chi connectivity index (χ1n) is 6.66. The lowest BCUT2D eigenvalue weighted by Gasteiger charge is -2.23. The van der Waals surface area contributed by atoms with E-state index in [-0.39, 0.29) is 23.5 Å². The average Bonchev–Trinajstić information content (AvgIpc) is 2.45. The fourth-order valence-corrected chi connectivity index (χ4v) is 2.65. The summed E-state index contributed by atoms with van der Waals surface area (Å²) < 4.78 is 10.7. The summed E-state index contributed by atoms with van der Waals surface area (Å²) in [5, 5.41) is 3.32. The minimum Gasteiger partial charge on any atom is -0.483 e. The second-order valence-electron chi connectivity index (χ2n) is 4.72. The minimum absolute atomic E-state index is 0.104. The number of amides is 1. The summed E-state index contributed by atoms with van der Waals surface area (Å²) >= 11 is 11.0. The molecule has 1 saturated heterocycles. The lowest BCUT2D eigenvalue weighted by atomic mass is 10.1. The van der Waals surface area contributed by atoms with Crippen molar-refractivity contribution in [2.24, 2.45) is 5.73 Å². The van der Waals surface area contributed by atoms with E-state index >= 15 is 0 Å². The number of benzene rings is 1. The number of ether oxygens (including phenoxy) is 2. The number of rotatable bonds is 5. The molecule has 114 valence electrons. The van der Waals surface area contributed by atoms with Crippen LogP contribution in [0.15, 0.2) is 18.2 Å². The van der Waals surface area contributed by atoms with Crippen LogP contribution in [0.3, 0.4) is 0 Å². The van der Waals surface area contributed by atoms with E-state index < -0.39 is 0 Å². The molecule has 1 heterocycles. The molecule has 0 radical (unpaired) electrons. The maximum atomic E-state index is 11.9. The van der Waals surface area contributed by atoms with Gasteiger partial charge in [-0.2, -0.15) is 0 Å². The molecule has 21 heavy (non-hydrogen) atoms. The molecule has 0 saturated carbocycles. The van der Waals surface area contributed by atoms with E-state index in [0.29, 0.717) is 29.5 Å². The van der Waals surface area contributed by atoms with Crippen molar-refractivity contribution >= 4 is 34.7 Å². The normalized spacial score (nSPS) is 15.5. The van der Waals surface area contributed by atoms with Crippen LogP contribution in [0.5, 0.6) is 5.75 Å². The van der Waals surface area contributed by atoms with E-state index in [4.69, 9.17) is 39.0 Å². The molecule has 0 spiro atoms. The predicted molar refractivity (Wildman–Crippen MR) is 84.8 cm³/mol. The maximum Gasteiger partial charge on any atom is 0.258 e. The molecule has 0 unspecified atom stereocenters. The Morgan fingerprint density at radius 2 is 2.19 bits per heavy atom. The molecule has 1 aromatic rings. The van der Waals surface area contributed by atoms with Crippen molar-refractivity contribution < 1.29 is 14.3 Å². The van der Waals surface area contributed by atoms with Crippen molar-refractivity contribution in [2.45, 2.75) is 18.9 Å². The minimum atomic E-state index is -0.184. The van der Waals surface area contributed by atoms with Crippen molar-refractivity contribution in [1.29, 1.82) is 0 Å². The van der Waals surface area contributed by atoms with Crippen molar-refractivity contribution in [1.82, 2.24) is 5.32 Å². The molecule has 1 amide bonds. The molecule has 2 rings (SSSR count). The summed E-state index contributed by atoms with van der Waals surface area (Å²) in [6.45, 7) is 1.24. The van der Waals surface area contributed by atoms with Crippen molar-refractivity contribution in [3.8, 4) is 5.75 Å². The molecule has 0 bridgehead atoms.